The Morgan fingerprint density at radius 1 is 1.41 bits per heavy atom. The van der Waals surface area contributed by atoms with Crippen molar-refractivity contribution in [1.82, 2.24) is 4.90 Å². The molecule has 2 atom stereocenters. The molecule has 22 heavy (non-hydrogen) atoms. The summed E-state index contributed by atoms with van der Waals surface area (Å²) >= 11 is 0. The predicted molar refractivity (Wildman–Crippen MR) is 83.2 cm³/mol. The topological polar surface area (TPSA) is 53.3 Å². The fourth-order valence-electron chi connectivity index (χ4n) is 3.26. The van der Waals surface area contributed by atoms with Crippen molar-refractivity contribution in [2.45, 2.75) is 38.2 Å². The van der Waals surface area contributed by atoms with Crippen LogP contribution >= 0.6 is 0 Å². The van der Waals surface area contributed by atoms with Crippen molar-refractivity contribution >= 4 is 5.97 Å². The van der Waals surface area contributed by atoms with Gasteiger partial charge in [0.1, 0.15) is 6.10 Å². The van der Waals surface area contributed by atoms with Gasteiger partial charge in [0, 0.05) is 13.1 Å². The summed E-state index contributed by atoms with van der Waals surface area (Å²) in [6.45, 7) is 4.24. The van der Waals surface area contributed by atoms with E-state index in [0.29, 0.717) is 12.5 Å². The third kappa shape index (κ3) is 3.48. The van der Waals surface area contributed by atoms with Crippen molar-refractivity contribution in [2.24, 2.45) is 5.92 Å². The summed E-state index contributed by atoms with van der Waals surface area (Å²) < 4.78 is 5.68. The zero-order valence-corrected chi connectivity index (χ0v) is 13.0. The molecule has 1 aliphatic heterocycles. The normalized spacial score (nSPS) is 25.5. The number of nitrogens with zero attached hydrogens (tertiary/aromatic N) is 2. The number of rotatable bonds is 4. The number of carbonyl (C=O) groups is 1. The molecule has 0 amide bonds. The molecule has 4 nitrogen and oxygen atoms in total. The quantitative estimate of drug-likeness (QED) is 0.633. The molecule has 4 heteroatoms. The monoisotopic (exact) mass is 298 g/mol. The first kappa shape index (κ1) is 15.1. The van der Waals surface area contributed by atoms with Gasteiger partial charge in [0.2, 0.25) is 0 Å². The third-order valence-corrected chi connectivity index (χ3v) is 4.68. The number of hydrogen-bond acceptors (Lipinski definition) is 4. The Bertz CT molecular complexity index is 585. The Balaban J connectivity index is 1.47. The Morgan fingerprint density at radius 3 is 2.86 bits per heavy atom. The standard InChI is InChI=1S/C18H22N2O2/c1-13-3-2-4-14(11-13)16-12-17(16)18(21)22-15-5-8-20(9-6-15)10-7-19/h2-4,11,15-17H,5-6,8-10,12H2,1H3/t16-,17+/m1/s1. The van der Waals surface area contributed by atoms with Crippen LogP contribution in [0.15, 0.2) is 24.3 Å². The van der Waals surface area contributed by atoms with Crippen LogP contribution in [0.1, 0.15) is 36.3 Å². The second kappa shape index (κ2) is 6.50. The molecule has 2 aliphatic rings. The highest BCUT2D eigenvalue weighted by Gasteiger charge is 2.45. The smallest absolute Gasteiger partial charge is 0.309 e. The maximum Gasteiger partial charge on any atom is 0.309 e. The van der Waals surface area contributed by atoms with Crippen molar-refractivity contribution in [1.29, 1.82) is 5.26 Å². The number of carbonyl (C=O) groups excluding carboxylic acids is 1. The summed E-state index contributed by atoms with van der Waals surface area (Å²) in [4.78, 5) is 14.4. The lowest BCUT2D eigenvalue weighted by Gasteiger charge is -2.29. The zero-order valence-electron chi connectivity index (χ0n) is 13.0. The molecule has 0 unspecified atom stereocenters. The van der Waals surface area contributed by atoms with Gasteiger partial charge < -0.3 is 4.74 Å². The molecule has 1 aromatic carbocycles. The van der Waals surface area contributed by atoms with Gasteiger partial charge in [-0.05, 0) is 37.7 Å². The van der Waals surface area contributed by atoms with E-state index in [0.717, 1.165) is 32.4 Å². The molecule has 1 aliphatic carbocycles. The number of esters is 1. The first-order valence-corrected chi connectivity index (χ1v) is 8.03. The molecule has 1 saturated carbocycles. The average Bonchev–Trinajstić information content (AvgIpc) is 3.30. The SMILES string of the molecule is Cc1cccc([C@H]2C[C@@H]2C(=O)OC2CCN(CC#N)CC2)c1. The Hall–Kier alpha value is -1.86. The molecule has 1 heterocycles. The molecule has 0 N–H and O–H groups in total. The minimum atomic E-state index is -0.0368. The third-order valence-electron chi connectivity index (χ3n) is 4.68. The largest absolute Gasteiger partial charge is 0.462 e. The van der Waals surface area contributed by atoms with Crippen LogP contribution in [0.3, 0.4) is 0 Å². The summed E-state index contributed by atoms with van der Waals surface area (Å²) in [6, 6.07) is 10.6. The van der Waals surface area contributed by atoms with Crippen molar-refractivity contribution in [3.05, 3.63) is 35.4 Å². The Morgan fingerprint density at radius 2 is 2.18 bits per heavy atom. The van der Waals surface area contributed by atoms with E-state index in [1.165, 1.54) is 11.1 Å². The summed E-state index contributed by atoms with van der Waals surface area (Å²) in [5.41, 5.74) is 2.49. The first-order chi connectivity index (χ1) is 10.7. The van der Waals surface area contributed by atoms with Crippen LogP contribution in [-0.4, -0.2) is 36.6 Å². The van der Waals surface area contributed by atoms with Crippen molar-refractivity contribution in [3.8, 4) is 6.07 Å². The Kier molecular flexibility index (Phi) is 4.44. The Labute approximate surface area is 131 Å². The minimum absolute atomic E-state index is 0.0289. The van der Waals surface area contributed by atoms with Crippen LogP contribution in [0.4, 0.5) is 0 Å². The number of aryl methyl sites for hydroxylation is 1. The van der Waals surface area contributed by atoms with Crippen molar-refractivity contribution < 1.29 is 9.53 Å². The molecule has 2 fully saturated rings. The minimum Gasteiger partial charge on any atom is -0.462 e. The van der Waals surface area contributed by atoms with E-state index in [9.17, 15) is 4.79 Å². The predicted octanol–water partition coefficient (Wildman–Crippen LogP) is 2.63. The molecule has 3 rings (SSSR count). The first-order valence-electron chi connectivity index (χ1n) is 8.03. The number of ether oxygens (including phenoxy) is 1. The fraction of sp³-hybridized carbons (Fsp3) is 0.556. The molecular formula is C18H22N2O2. The van der Waals surface area contributed by atoms with Crippen LogP contribution < -0.4 is 0 Å². The van der Waals surface area contributed by atoms with E-state index >= 15 is 0 Å². The zero-order chi connectivity index (χ0) is 15.5. The maximum absolute atomic E-state index is 12.3. The van der Waals surface area contributed by atoms with Gasteiger partial charge in [-0.2, -0.15) is 5.26 Å². The van der Waals surface area contributed by atoms with Crippen molar-refractivity contribution in [2.75, 3.05) is 19.6 Å². The summed E-state index contributed by atoms with van der Waals surface area (Å²) in [6.07, 6.45) is 2.63. The number of likely N-dealkylation sites (tertiary alicyclic amines) is 1. The van der Waals surface area contributed by atoms with Crippen LogP contribution in [0.25, 0.3) is 0 Å². The van der Waals surface area contributed by atoms with Gasteiger partial charge in [0.25, 0.3) is 0 Å². The summed E-state index contributed by atoms with van der Waals surface area (Å²) in [7, 11) is 0. The maximum atomic E-state index is 12.3. The lowest BCUT2D eigenvalue weighted by atomic mass is 10.1. The molecular weight excluding hydrogens is 276 g/mol. The second-order valence-corrected chi connectivity index (χ2v) is 6.43. The highest BCUT2D eigenvalue weighted by molar-refractivity contribution is 5.77. The second-order valence-electron chi connectivity index (χ2n) is 6.43. The molecule has 0 bridgehead atoms. The van der Waals surface area contributed by atoms with Gasteiger partial charge in [-0.15, -0.1) is 0 Å². The van der Waals surface area contributed by atoms with Crippen molar-refractivity contribution in [3.63, 3.8) is 0 Å². The van der Waals surface area contributed by atoms with Gasteiger partial charge in [-0.3, -0.25) is 9.69 Å². The van der Waals surface area contributed by atoms with E-state index in [2.05, 4.69) is 42.2 Å². The molecule has 0 aromatic heterocycles. The van der Waals surface area contributed by atoms with Gasteiger partial charge in [0.15, 0.2) is 0 Å². The van der Waals surface area contributed by atoms with E-state index in [-0.39, 0.29) is 18.0 Å². The number of hydrogen-bond donors (Lipinski definition) is 0. The molecule has 1 aromatic rings. The molecule has 0 spiro atoms. The number of piperidine rings is 1. The van der Waals surface area contributed by atoms with Crippen LogP contribution in [0, 0.1) is 24.2 Å². The fourth-order valence-corrected chi connectivity index (χ4v) is 3.26. The summed E-state index contributed by atoms with van der Waals surface area (Å²) in [5, 5.41) is 8.69. The lowest BCUT2D eigenvalue weighted by Crippen LogP contribution is -2.38. The highest BCUT2D eigenvalue weighted by atomic mass is 16.5. The average molecular weight is 298 g/mol. The van der Waals surface area contributed by atoms with Gasteiger partial charge in [-0.25, -0.2) is 0 Å². The van der Waals surface area contributed by atoms with Crippen LogP contribution in [0.5, 0.6) is 0 Å². The van der Waals surface area contributed by atoms with Gasteiger partial charge in [-0.1, -0.05) is 29.8 Å². The van der Waals surface area contributed by atoms with Gasteiger partial charge in [0.05, 0.1) is 18.5 Å². The van der Waals surface area contributed by atoms with E-state index in [1.54, 1.807) is 0 Å². The molecule has 116 valence electrons. The highest BCUT2D eigenvalue weighted by Crippen LogP contribution is 2.48. The van der Waals surface area contributed by atoms with Crippen LogP contribution in [0.2, 0.25) is 0 Å². The van der Waals surface area contributed by atoms with E-state index < -0.39 is 0 Å². The molecule has 1 saturated heterocycles. The van der Waals surface area contributed by atoms with E-state index in [1.807, 2.05) is 0 Å². The number of nitriles is 1. The van der Waals surface area contributed by atoms with Gasteiger partial charge >= 0.3 is 5.97 Å². The molecule has 0 radical (unpaired) electrons. The van der Waals surface area contributed by atoms with Crippen LogP contribution in [-0.2, 0) is 9.53 Å². The summed E-state index contributed by atoms with van der Waals surface area (Å²) in [5.74, 6) is 0.343. The van der Waals surface area contributed by atoms with E-state index in [4.69, 9.17) is 10.00 Å². The lowest BCUT2D eigenvalue weighted by molar-refractivity contribution is -0.152. The number of benzene rings is 1.